The number of hydrogen-bond acceptors (Lipinski definition) is 3. The summed E-state index contributed by atoms with van der Waals surface area (Å²) in [6, 6.07) is 8.11. The van der Waals surface area contributed by atoms with E-state index in [0.29, 0.717) is 6.61 Å². The highest BCUT2D eigenvalue weighted by molar-refractivity contribution is 5.28. The monoisotopic (exact) mass is 245 g/mol. The fraction of sp³-hybridized carbons (Fsp3) is 0.357. The van der Waals surface area contributed by atoms with Gasteiger partial charge < -0.3 is 15.0 Å². The first-order valence-electron chi connectivity index (χ1n) is 6.23. The predicted molar refractivity (Wildman–Crippen MR) is 71.4 cm³/mol. The highest BCUT2D eigenvalue weighted by Crippen LogP contribution is 2.18. The highest BCUT2D eigenvalue weighted by atomic mass is 16.5. The molecule has 0 saturated heterocycles. The van der Waals surface area contributed by atoms with Crippen LogP contribution < -0.4 is 10.5 Å². The summed E-state index contributed by atoms with van der Waals surface area (Å²) in [6.07, 6.45) is 6.42. The van der Waals surface area contributed by atoms with Crippen LogP contribution in [0.25, 0.3) is 0 Å². The molecule has 0 fully saturated rings. The summed E-state index contributed by atoms with van der Waals surface area (Å²) in [6.45, 7) is 3.52. The molecule has 2 aromatic rings. The van der Waals surface area contributed by atoms with Gasteiger partial charge in [-0.1, -0.05) is 19.1 Å². The van der Waals surface area contributed by atoms with Crippen LogP contribution in [-0.2, 0) is 6.54 Å². The lowest BCUT2D eigenvalue weighted by atomic mass is 10.1. The van der Waals surface area contributed by atoms with Crippen molar-refractivity contribution in [2.45, 2.75) is 25.9 Å². The van der Waals surface area contributed by atoms with Gasteiger partial charge in [-0.2, -0.15) is 0 Å². The Labute approximate surface area is 107 Å². The van der Waals surface area contributed by atoms with Crippen LogP contribution in [0.1, 0.15) is 24.9 Å². The Morgan fingerprint density at radius 3 is 2.72 bits per heavy atom. The highest BCUT2D eigenvalue weighted by Gasteiger charge is 2.02. The zero-order valence-corrected chi connectivity index (χ0v) is 10.6. The van der Waals surface area contributed by atoms with Crippen LogP contribution in [0.4, 0.5) is 0 Å². The number of nitrogens with zero attached hydrogens (tertiary/aromatic N) is 2. The second-order valence-corrected chi connectivity index (χ2v) is 4.23. The third-order valence-corrected chi connectivity index (χ3v) is 2.93. The molecule has 0 unspecified atom stereocenters. The van der Waals surface area contributed by atoms with Crippen LogP contribution in [0.2, 0.25) is 0 Å². The molecule has 4 nitrogen and oxygen atoms in total. The van der Waals surface area contributed by atoms with Crippen molar-refractivity contribution in [1.29, 1.82) is 0 Å². The molecule has 0 bridgehead atoms. The van der Waals surface area contributed by atoms with Crippen LogP contribution in [-0.4, -0.2) is 16.2 Å². The van der Waals surface area contributed by atoms with E-state index < -0.39 is 0 Å². The third kappa shape index (κ3) is 3.34. The van der Waals surface area contributed by atoms with E-state index in [1.165, 1.54) is 0 Å². The summed E-state index contributed by atoms with van der Waals surface area (Å²) in [4.78, 5) is 3.98. The molecule has 1 aromatic heterocycles. The molecular formula is C14H19N3O. The van der Waals surface area contributed by atoms with Gasteiger partial charge >= 0.3 is 0 Å². The van der Waals surface area contributed by atoms with E-state index in [1.54, 1.807) is 12.5 Å². The molecule has 0 spiro atoms. The fourth-order valence-corrected chi connectivity index (χ4v) is 1.73. The Kier molecular flexibility index (Phi) is 4.36. The van der Waals surface area contributed by atoms with Crippen molar-refractivity contribution in [3.05, 3.63) is 48.5 Å². The Hall–Kier alpha value is -1.81. The van der Waals surface area contributed by atoms with Gasteiger partial charge in [0.2, 0.25) is 0 Å². The minimum Gasteiger partial charge on any atom is -0.492 e. The van der Waals surface area contributed by atoms with Crippen molar-refractivity contribution >= 4 is 0 Å². The maximum atomic E-state index is 5.96. The number of benzene rings is 1. The number of hydrogen-bond donors (Lipinski definition) is 1. The van der Waals surface area contributed by atoms with Crippen LogP contribution in [0.3, 0.4) is 0 Å². The molecule has 4 heteroatoms. The van der Waals surface area contributed by atoms with E-state index in [2.05, 4.69) is 11.9 Å². The molecule has 18 heavy (non-hydrogen) atoms. The molecule has 0 saturated carbocycles. The first-order chi connectivity index (χ1) is 8.79. The average molecular weight is 245 g/mol. The molecule has 1 heterocycles. The Balaban J connectivity index is 1.83. The first kappa shape index (κ1) is 12.6. The average Bonchev–Trinajstić information content (AvgIpc) is 2.92. The summed E-state index contributed by atoms with van der Waals surface area (Å²) < 4.78 is 7.65. The molecule has 0 aliphatic heterocycles. The van der Waals surface area contributed by atoms with Gasteiger partial charge in [0, 0.05) is 18.4 Å². The van der Waals surface area contributed by atoms with Gasteiger partial charge in [0.25, 0.3) is 0 Å². The van der Waals surface area contributed by atoms with Crippen LogP contribution >= 0.6 is 0 Å². The molecule has 96 valence electrons. The molecule has 1 aromatic carbocycles. The quantitative estimate of drug-likeness (QED) is 0.850. The molecule has 0 aliphatic carbocycles. The van der Waals surface area contributed by atoms with Gasteiger partial charge in [-0.05, 0) is 24.1 Å². The third-order valence-electron chi connectivity index (χ3n) is 2.93. The molecule has 0 aliphatic rings. The summed E-state index contributed by atoms with van der Waals surface area (Å²) in [5.74, 6) is 0.877. The van der Waals surface area contributed by atoms with Crippen molar-refractivity contribution < 1.29 is 4.74 Å². The summed E-state index contributed by atoms with van der Waals surface area (Å²) in [7, 11) is 0. The van der Waals surface area contributed by atoms with E-state index in [-0.39, 0.29) is 6.04 Å². The van der Waals surface area contributed by atoms with Crippen molar-refractivity contribution in [2.75, 3.05) is 6.61 Å². The number of ether oxygens (including phenoxy) is 1. The smallest absolute Gasteiger partial charge is 0.119 e. The van der Waals surface area contributed by atoms with E-state index in [9.17, 15) is 0 Å². The molecule has 0 amide bonds. The maximum absolute atomic E-state index is 5.96. The lowest BCUT2D eigenvalue weighted by Gasteiger charge is -2.11. The molecular weight excluding hydrogens is 226 g/mol. The molecule has 1 atom stereocenters. The van der Waals surface area contributed by atoms with Crippen molar-refractivity contribution in [2.24, 2.45) is 5.73 Å². The summed E-state index contributed by atoms with van der Waals surface area (Å²) >= 11 is 0. The lowest BCUT2D eigenvalue weighted by Crippen LogP contribution is -2.09. The van der Waals surface area contributed by atoms with Crippen molar-refractivity contribution in [1.82, 2.24) is 9.55 Å². The van der Waals surface area contributed by atoms with Crippen LogP contribution in [0.15, 0.2) is 43.0 Å². The second kappa shape index (κ2) is 6.21. The van der Waals surface area contributed by atoms with Gasteiger partial charge in [0.1, 0.15) is 12.4 Å². The zero-order chi connectivity index (χ0) is 12.8. The summed E-state index contributed by atoms with van der Waals surface area (Å²) in [5, 5.41) is 0. The number of imidazole rings is 1. The van der Waals surface area contributed by atoms with Gasteiger partial charge in [0.05, 0.1) is 12.9 Å². The zero-order valence-electron chi connectivity index (χ0n) is 10.6. The fourth-order valence-electron chi connectivity index (χ4n) is 1.73. The van der Waals surface area contributed by atoms with Gasteiger partial charge in [0.15, 0.2) is 0 Å². The van der Waals surface area contributed by atoms with Gasteiger partial charge in [-0.25, -0.2) is 4.98 Å². The Morgan fingerprint density at radius 2 is 2.11 bits per heavy atom. The van der Waals surface area contributed by atoms with Gasteiger partial charge in [-0.3, -0.25) is 0 Å². The maximum Gasteiger partial charge on any atom is 0.119 e. The van der Waals surface area contributed by atoms with Crippen molar-refractivity contribution in [3.63, 3.8) is 0 Å². The number of nitrogens with two attached hydrogens (primary N) is 1. The number of rotatable bonds is 6. The van der Waals surface area contributed by atoms with E-state index in [0.717, 1.165) is 24.3 Å². The first-order valence-corrected chi connectivity index (χ1v) is 6.23. The predicted octanol–water partition coefficient (Wildman–Crippen LogP) is 2.37. The molecule has 0 radical (unpaired) electrons. The van der Waals surface area contributed by atoms with Gasteiger partial charge in [-0.15, -0.1) is 0 Å². The lowest BCUT2D eigenvalue weighted by molar-refractivity contribution is 0.298. The SMILES string of the molecule is CC[C@H](N)c1ccc(OCCn2ccnc2)cc1. The standard InChI is InChI=1S/C14H19N3O/c1-2-14(15)12-3-5-13(6-4-12)18-10-9-17-8-7-16-11-17/h3-8,11,14H,2,9-10,15H2,1H3/t14-/m0/s1. The largest absolute Gasteiger partial charge is 0.492 e. The Bertz CT molecular complexity index is 450. The topological polar surface area (TPSA) is 53.1 Å². The van der Waals surface area contributed by atoms with Crippen LogP contribution in [0.5, 0.6) is 5.75 Å². The van der Waals surface area contributed by atoms with E-state index >= 15 is 0 Å². The minimum absolute atomic E-state index is 0.116. The summed E-state index contributed by atoms with van der Waals surface area (Å²) in [5.41, 5.74) is 7.11. The number of aromatic nitrogens is 2. The molecule has 2 N–H and O–H groups in total. The normalized spacial score (nSPS) is 12.3. The van der Waals surface area contributed by atoms with Crippen LogP contribution in [0, 0.1) is 0 Å². The van der Waals surface area contributed by atoms with E-state index in [1.807, 2.05) is 35.0 Å². The Morgan fingerprint density at radius 1 is 1.33 bits per heavy atom. The van der Waals surface area contributed by atoms with Crippen molar-refractivity contribution in [3.8, 4) is 5.75 Å². The minimum atomic E-state index is 0.116. The second-order valence-electron chi connectivity index (χ2n) is 4.23. The molecule has 2 rings (SSSR count). The van der Waals surface area contributed by atoms with E-state index in [4.69, 9.17) is 10.5 Å².